The van der Waals surface area contributed by atoms with Crippen LogP contribution in [0, 0.1) is 17.8 Å². The molecule has 3 atom stereocenters. The van der Waals surface area contributed by atoms with Gasteiger partial charge in [0.2, 0.25) is 5.91 Å². The average Bonchev–Trinajstić information content (AvgIpc) is 2.67. The Kier molecular flexibility index (Phi) is 4.88. The maximum Gasteiger partial charge on any atom is 0.222 e. The number of amides is 1. The van der Waals surface area contributed by atoms with Crippen LogP contribution in [0.15, 0.2) is 0 Å². The van der Waals surface area contributed by atoms with Crippen LogP contribution < -0.4 is 5.32 Å². The van der Waals surface area contributed by atoms with Gasteiger partial charge in [0.15, 0.2) is 0 Å². The quantitative estimate of drug-likeness (QED) is 0.866. The molecule has 3 unspecified atom stereocenters. The normalized spacial score (nSPS) is 36.8. The third-order valence-electron chi connectivity index (χ3n) is 6.10. The number of fused-ring (bicyclic) bond motifs is 2. The van der Waals surface area contributed by atoms with E-state index in [1.807, 2.05) is 0 Å². The molecule has 3 heterocycles. The van der Waals surface area contributed by atoms with Crippen molar-refractivity contribution < 1.29 is 4.79 Å². The topological polar surface area (TPSA) is 32.3 Å². The van der Waals surface area contributed by atoms with E-state index in [1.54, 1.807) is 0 Å². The molecule has 0 radical (unpaired) electrons. The molecular formula is C18H32N2O. The van der Waals surface area contributed by atoms with Crippen LogP contribution in [0.4, 0.5) is 0 Å². The predicted molar refractivity (Wildman–Crippen MR) is 86.0 cm³/mol. The van der Waals surface area contributed by atoms with E-state index in [1.165, 1.54) is 44.9 Å². The van der Waals surface area contributed by atoms with Crippen molar-refractivity contribution in [2.24, 2.45) is 17.8 Å². The highest BCUT2D eigenvalue weighted by molar-refractivity contribution is 5.76. The first-order valence-electron chi connectivity index (χ1n) is 9.15. The maximum absolute atomic E-state index is 12.6. The van der Waals surface area contributed by atoms with Crippen molar-refractivity contribution in [1.29, 1.82) is 0 Å². The molecule has 1 amide bonds. The highest BCUT2D eigenvalue weighted by Crippen LogP contribution is 2.33. The van der Waals surface area contributed by atoms with Gasteiger partial charge in [0.05, 0.1) is 0 Å². The van der Waals surface area contributed by atoms with Crippen LogP contribution in [0.5, 0.6) is 0 Å². The Morgan fingerprint density at radius 2 is 1.81 bits per heavy atom. The summed E-state index contributed by atoms with van der Waals surface area (Å²) in [7, 11) is 0. The lowest BCUT2D eigenvalue weighted by atomic mass is 9.89. The molecule has 0 saturated carbocycles. The van der Waals surface area contributed by atoms with Crippen molar-refractivity contribution in [2.45, 2.75) is 77.3 Å². The van der Waals surface area contributed by atoms with Gasteiger partial charge in [-0.15, -0.1) is 0 Å². The lowest BCUT2D eigenvalue weighted by Crippen LogP contribution is -2.40. The number of piperidine rings is 1. The van der Waals surface area contributed by atoms with Crippen molar-refractivity contribution in [3.63, 3.8) is 0 Å². The third kappa shape index (κ3) is 3.80. The number of hydrogen-bond donors (Lipinski definition) is 1. The monoisotopic (exact) mass is 292 g/mol. The SMILES string of the molecule is CC(C)C1CCCN(C(=O)CC2CC3CCC(C2)N3)CC1. The van der Waals surface area contributed by atoms with Gasteiger partial charge in [0, 0.05) is 31.6 Å². The van der Waals surface area contributed by atoms with E-state index in [4.69, 9.17) is 0 Å². The minimum Gasteiger partial charge on any atom is -0.343 e. The number of carbonyl (C=O) groups is 1. The zero-order valence-corrected chi connectivity index (χ0v) is 13.8. The molecule has 1 N–H and O–H groups in total. The van der Waals surface area contributed by atoms with Crippen LogP contribution in [0.2, 0.25) is 0 Å². The van der Waals surface area contributed by atoms with E-state index >= 15 is 0 Å². The van der Waals surface area contributed by atoms with Gasteiger partial charge in [-0.3, -0.25) is 4.79 Å². The summed E-state index contributed by atoms with van der Waals surface area (Å²) in [6.45, 7) is 6.65. The van der Waals surface area contributed by atoms with Crippen molar-refractivity contribution in [2.75, 3.05) is 13.1 Å². The standard InChI is InChI=1S/C18H32N2O/c1-13(2)15-4-3-8-20(9-7-15)18(21)12-14-10-16-5-6-17(11-14)19-16/h13-17,19H,3-12H2,1-2H3. The van der Waals surface area contributed by atoms with E-state index in [-0.39, 0.29) is 0 Å². The molecule has 3 aliphatic rings. The fourth-order valence-electron chi connectivity index (χ4n) is 4.76. The fourth-order valence-corrected chi connectivity index (χ4v) is 4.76. The molecule has 3 nitrogen and oxygen atoms in total. The van der Waals surface area contributed by atoms with Crippen molar-refractivity contribution >= 4 is 5.91 Å². The Morgan fingerprint density at radius 1 is 1.10 bits per heavy atom. The molecular weight excluding hydrogens is 260 g/mol. The van der Waals surface area contributed by atoms with Crippen LogP contribution in [-0.4, -0.2) is 36.0 Å². The van der Waals surface area contributed by atoms with Crippen molar-refractivity contribution in [3.8, 4) is 0 Å². The summed E-state index contributed by atoms with van der Waals surface area (Å²) in [6, 6.07) is 1.41. The highest BCUT2D eigenvalue weighted by atomic mass is 16.2. The Bertz CT molecular complexity index is 356. The average molecular weight is 292 g/mol. The number of rotatable bonds is 3. The molecule has 3 rings (SSSR count). The zero-order chi connectivity index (χ0) is 14.8. The minimum absolute atomic E-state index is 0.436. The van der Waals surface area contributed by atoms with Crippen LogP contribution in [0.3, 0.4) is 0 Å². The van der Waals surface area contributed by atoms with Crippen LogP contribution in [0.25, 0.3) is 0 Å². The molecule has 2 bridgehead atoms. The second-order valence-corrected chi connectivity index (χ2v) is 8.00. The second-order valence-electron chi connectivity index (χ2n) is 8.00. The zero-order valence-electron chi connectivity index (χ0n) is 13.8. The Morgan fingerprint density at radius 3 is 2.48 bits per heavy atom. The fraction of sp³-hybridized carbons (Fsp3) is 0.944. The summed E-state index contributed by atoms with van der Waals surface area (Å²) in [5, 5.41) is 3.68. The summed E-state index contributed by atoms with van der Waals surface area (Å²) < 4.78 is 0. The van der Waals surface area contributed by atoms with Crippen LogP contribution in [-0.2, 0) is 4.79 Å². The Labute approximate surface area is 129 Å². The predicted octanol–water partition coefficient (Wildman–Crippen LogP) is 3.19. The summed E-state index contributed by atoms with van der Waals surface area (Å²) in [6.07, 6.45) is 9.63. The summed E-state index contributed by atoms with van der Waals surface area (Å²) in [4.78, 5) is 14.8. The van der Waals surface area contributed by atoms with Crippen molar-refractivity contribution in [1.82, 2.24) is 10.2 Å². The molecule has 3 aliphatic heterocycles. The van der Waals surface area contributed by atoms with E-state index < -0.39 is 0 Å². The molecule has 0 aromatic rings. The van der Waals surface area contributed by atoms with Gasteiger partial charge >= 0.3 is 0 Å². The van der Waals surface area contributed by atoms with Gasteiger partial charge in [-0.2, -0.15) is 0 Å². The lowest BCUT2D eigenvalue weighted by Gasteiger charge is -2.30. The summed E-state index contributed by atoms with van der Waals surface area (Å²) >= 11 is 0. The van der Waals surface area contributed by atoms with E-state index in [9.17, 15) is 4.79 Å². The first-order valence-corrected chi connectivity index (χ1v) is 9.15. The molecule has 21 heavy (non-hydrogen) atoms. The molecule has 0 aromatic carbocycles. The van der Waals surface area contributed by atoms with Gasteiger partial charge < -0.3 is 10.2 Å². The number of nitrogens with one attached hydrogen (secondary N) is 1. The Balaban J connectivity index is 1.49. The summed E-state index contributed by atoms with van der Waals surface area (Å²) in [5.74, 6) is 2.66. The van der Waals surface area contributed by atoms with Gasteiger partial charge in [-0.1, -0.05) is 13.8 Å². The van der Waals surface area contributed by atoms with Crippen LogP contribution in [0.1, 0.15) is 65.2 Å². The third-order valence-corrected chi connectivity index (χ3v) is 6.10. The van der Waals surface area contributed by atoms with E-state index in [0.29, 0.717) is 23.9 Å². The molecule has 3 heteroatoms. The molecule has 3 saturated heterocycles. The minimum atomic E-state index is 0.436. The molecule has 0 aliphatic carbocycles. The maximum atomic E-state index is 12.6. The number of likely N-dealkylation sites (tertiary alicyclic amines) is 1. The summed E-state index contributed by atoms with van der Waals surface area (Å²) in [5.41, 5.74) is 0. The van der Waals surface area contributed by atoms with E-state index in [0.717, 1.165) is 31.3 Å². The van der Waals surface area contributed by atoms with Crippen molar-refractivity contribution in [3.05, 3.63) is 0 Å². The molecule has 0 spiro atoms. The lowest BCUT2D eigenvalue weighted by molar-refractivity contribution is -0.132. The number of hydrogen-bond acceptors (Lipinski definition) is 2. The largest absolute Gasteiger partial charge is 0.343 e. The number of carbonyl (C=O) groups excluding carboxylic acids is 1. The van der Waals surface area contributed by atoms with Gasteiger partial charge in [0.1, 0.15) is 0 Å². The highest BCUT2D eigenvalue weighted by Gasteiger charge is 2.35. The molecule has 120 valence electrons. The molecule has 3 fully saturated rings. The second kappa shape index (κ2) is 6.68. The number of nitrogens with zero attached hydrogens (tertiary/aromatic N) is 1. The van der Waals surface area contributed by atoms with Gasteiger partial charge in [-0.25, -0.2) is 0 Å². The van der Waals surface area contributed by atoms with Gasteiger partial charge in [-0.05, 0) is 62.7 Å². The van der Waals surface area contributed by atoms with Crippen LogP contribution >= 0.6 is 0 Å². The Hall–Kier alpha value is -0.570. The first-order chi connectivity index (χ1) is 10.1. The molecule has 0 aromatic heterocycles. The van der Waals surface area contributed by atoms with E-state index in [2.05, 4.69) is 24.1 Å². The van der Waals surface area contributed by atoms with Gasteiger partial charge in [0.25, 0.3) is 0 Å². The first kappa shape index (κ1) is 15.3. The smallest absolute Gasteiger partial charge is 0.222 e.